The molecule has 0 aliphatic carbocycles. The van der Waals surface area contributed by atoms with Crippen LogP contribution in [0, 0.1) is 0 Å². The quantitative estimate of drug-likeness (QED) is 0.502. The van der Waals surface area contributed by atoms with E-state index in [-0.39, 0.29) is 5.24 Å². The Balaban J connectivity index is 2.45. The summed E-state index contributed by atoms with van der Waals surface area (Å²) in [7, 11) is 0. The number of aryl methyl sites for hydroxylation is 1. The molecule has 0 saturated heterocycles. The van der Waals surface area contributed by atoms with E-state index in [9.17, 15) is 4.79 Å². The molecule has 0 unspecified atom stereocenters. The molecule has 0 amide bonds. The fraction of sp³-hybridized carbons (Fsp3) is 0.222. The first-order valence-electron chi connectivity index (χ1n) is 3.51. The molecule has 0 fully saturated rings. The van der Waals surface area contributed by atoms with Gasteiger partial charge in [-0.05, 0) is 23.6 Å². The van der Waals surface area contributed by atoms with Crippen molar-refractivity contribution in [2.45, 2.75) is 12.8 Å². The number of carbonyl (C=O) groups excluding carboxylic acids is 1. The smallest absolute Gasteiger partial charge is 0.221 e. The van der Waals surface area contributed by atoms with Gasteiger partial charge in [-0.15, -0.1) is 0 Å². The zero-order chi connectivity index (χ0) is 8.10. The molecule has 0 atom stereocenters. The standard InChI is InChI=1S/C9H9ClO/c10-9(11)7-6-8-4-2-1-3-5-8/h1-5H,6-7H2/i9+1. The molecule has 0 aliphatic heterocycles. The summed E-state index contributed by atoms with van der Waals surface area (Å²) in [6.07, 6.45) is 1.16. The fourth-order valence-corrected chi connectivity index (χ4v) is 0.982. The lowest BCUT2D eigenvalue weighted by atomic mass is 10.1. The summed E-state index contributed by atoms with van der Waals surface area (Å²) >= 11 is 5.19. The maximum atomic E-state index is 10.4. The lowest BCUT2D eigenvalue weighted by Crippen LogP contribution is -1.90. The molecule has 1 nitrogen and oxygen atoms in total. The summed E-state index contributed by atoms with van der Waals surface area (Å²) in [5, 5.41) is -0.270. The summed E-state index contributed by atoms with van der Waals surface area (Å²) in [5.74, 6) is 0. The van der Waals surface area contributed by atoms with Gasteiger partial charge in [-0.3, -0.25) is 4.79 Å². The van der Waals surface area contributed by atoms with Crippen molar-refractivity contribution in [3.8, 4) is 0 Å². The molecule has 0 saturated carbocycles. The molecule has 0 aliphatic rings. The number of benzene rings is 1. The highest BCUT2D eigenvalue weighted by Gasteiger charge is 1.96. The molecule has 1 rings (SSSR count). The largest absolute Gasteiger partial charge is 0.281 e. The summed E-state index contributed by atoms with van der Waals surface area (Å²) in [6.45, 7) is 0. The summed E-state index contributed by atoms with van der Waals surface area (Å²) < 4.78 is 0. The second-order valence-corrected chi connectivity index (χ2v) is 2.76. The minimum atomic E-state index is -0.270. The van der Waals surface area contributed by atoms with Crippen LogP contribution >= 0.6 is 11.6 Å². The molecule has 0 aromatic heterocycles. The number of rotatable bonds is 3. The van der Waals surface area contributed by atoms with Crippen molar-refractivity contribution >= 4 is 16.8 Å². The third kappa shape index (κ3) is 3.19. The van der Waals surface area contributed by atoms with Crippen LogP contribution in [-0.4, -0.2) is 5.24 Å². The minimum Gasteiger partial charge on any atom is -0.281 e. The number of halogens is 1. The first-order chi connectivity index (χ1) is 5.29. The predicted octanol–water partition coefficient (Wildman–Crippen LogP) is 2.38. The van der Waals surface area contributed by atoms with Crippen molar-refractivity contribution in [2.24, 2.45) is 0 Å². The fourth-order valence-electron chi connectivity index (χ4n) is 0.887. The molecular formula is C9H9ClO. The van der Waals surface area contributed by atoms with Gasteiger partial charge in [-0.2, -0.15) is 0 Å². The van der Waals surface area contributed by atoms with Crippen molar-refractivity contribution in [3.05, 3.63) is 35.9 Å². The van der Waals surface area contributed by atoms with E-state index in [1.165, 1.54) is 0 Å². The Kier molecular flexibility index (Phi) is 3.12. The molecule has 0 heterocycles. The van der Waals surface area contributed by atoms with Crippen molar-refractivity contribution < 1.29 is 4.79 Å². The Labute approximate surface area is 71.0 Å². The van der Waals surface area contributed by atoms with Gasteiger partial charge in [0.2, 0.25) is 5.24 Å². The highest BCUT2D eigenvalue weighted by Crippen LogP contribution is 2.03. The van der Waals surface area contributed by atoms with Gasteiger partial charge in [-0.25, -0.2) is 0 Å². The van der Waals surface area contributed by atoms with Crippen molar-refractivity contribution in [3.63, 3.8) is 0 Å². The Morgan fingerprint density at radius 2 is 1.91 bits per heavy atom. The normalized spacial score (nSPS) is 9.55. The van der Waals surface area contributed by atoms with Crippen molar-refractivity contribution in [1.82, 2.24) is 0 Å². The average molecular weight is 170 g/mol. The van der Waals surface area contributed by atoms with Crippen LogP contribution in [0.5, 0.6) is 0 Å². The number of carbonyl (C=O) groups is 1. The second kappa shape index (κ2) is 4.14. The monoisotopic (exact) mass is 169 g/mol. The Morgan fingerprint density at radius 3 is 2.45 bits per heavy atom. The molecule has 58 valence electrons. The van der Waals surface area contributed by atoms with Crippen LogP contribution in [0.3, 0.4) is 0 Å². The maximum absolute atomic E-state index is 10.4. The predicted molar refractivity (Wildman–Crippen MR) is 45.6 cm³/mol. The third-order valence-corrected chi connectivity index (χ3v) is 1.64. The van der Waals surface area contributed by atoms with Gasteiger partial charge < -0.3 is 0 Å². The van der Waals surface area contributed by atoms with Crippen LogP contribution in [0.1, 0.15) is 12.0 Å². The molecule has 11 heavy (non-hydrogen) atoms. The Bertz CT molecular complexity index is 231. The number of hydrogen-bond donors (Lipinski definition) is 0. The lowest BCUT2D eigenvalue weighted by Gasteiger charge is -1.95. The van der Waals surface area contributed by atoms with Crippen LogP contribution in [0.15, 0.2) is 30.3 Å². The lowest BCUT2D eigenvalue weighted by molar-refractivity contribution is -0.111. The number of hydrogen-bond acceptors (Lipinski definition) is 1. The molecule has 0 radical (unpaired) electrons. The van der Waals surface area contributed by atoms with Crippen LogP contribution in [0.2, 0.25) is 0 Å². The van der Waals surface area contributed by atoms with Crippen LogP contribution in [0.25, 0.3) is 0 Å². The van der Waals surface area contributed by atoms with E-state index in [4.69, 9.17) is 11.6 Å². The van der Waals surface area contributed by atoms with E-state index in [1.807, 2.05) is 30.3 Å². The molecule has 0 bridgehead atoms. The van der Waals surface area contributed by atoms with E-state index in [1.54, 1.807) is 0 Å². The summed E-state index contributed by atoms with van der Waals surface area (Å²) in [6, 6.07) is 9.83. The molecular weight excluding hydrogens is 161 g/mol. The van der Waals surface area contributed by atoms with Gasteiger partial charge >= 0.3 is 0 Å². The first-order valence-corrected chi connectivity index (χ1v) is 3.89. The molecule has 0 N–H and O–H groups in total. The summed E-state index contributed by atoms with van der Waals surface area (Å²) in [5.41, 5.74) is 1.15. The van der Waals surface area contributed by atoms with E-state index in [0.29, 0.717) is 6.42 Å². The van der Waals surface area contributed by atoms with Crippen molar-refractivity contribution in [2.75, 3.05) is 0 Å². The van der Waals surface area contributed by atoms with E-state index >= 15 is 0 Å². The Morgan fingerprint density at radius 1 is 1.27 bits per heavy atom. The molecule has 1 aromatic carbocycles. The SMILES string of the molecule is O=[13C](Cl)CCc1ccccc1. The molecule has 0 spiro atoms. The van der Waals surface area contributed by atoms with Crippen molar-refractivity contribution in [1.29, 1.82) is 0 Å². The van der Waals surface area contributed by atoms with Crippen LogP contribution in [0.4, 0.5) is 0 Å². The van der Waals surface area contributed by atoms with Crippen LogP contribution < -0.4 is 0 Å². The van der Waals surface area contributed by atoms with E-state index in [0.717, 1.165) is 12.0 Å². The zero-order valence-electron chi connectivity index (χ0n) is 6.09. The first kappa shape index (κ1) is 8.28. The zero-order valence-corrected chi connectivity index (χ0v) is 6.84. The van der Waals surface area contributed by atoms with Gasteiger partial charge in [0.1, 0.15) is 0 Å². The minimum absolute atomic E-state index is 0.270. The second-order valence-electron chi connectivity index (χ2n) is 2.34. The average Bonchev–Trinajstić information content (AvgIpc) is 2.03. The highest BCUT2D eigenvalue weighted by atomic mass is 35.5. The maximum Gasteiger partial charge on any atom is 0.221 e. The third-order valence-electron chi connectivity index (χ3n) is 1.45. The van der Waals surface area contributed by atoms with Gasteiger partial charge in [-0.1, -0.05) is 30.3 Å². The highest BCUT2D eigenvalue weighted by molar-refractivity contribution is 6.63. The molecule has 1 aromatic rings. The van der Waals surface area contributed by atoms with Gasteiger partial charge in [0, 0.05) is 6.42 Å². The summed E-state index contributed by atoms with van der Waals surface area (Å²) in [4.78, 5) is 10.4. The van der Waals surface area contributed by atoms with E-state index < -0.39 is 0 Å². The van der Waals surface area contributed by atoms with Gasteiger partial charge in [0.25, 0.3) is 0 Å². The van der Waals surface area contributed by atoms with Crippen LogP contribution in [-0.2, 0) is 11.2 Å². The van der Waals surface area contributed by atoms with E-state index in [2.05, 4.69) is 0 Å². The van der Waals surface area contributed by atoms with Gasteiger partial charge in [0.05, 0.1) is 0 Å². The van der Waals surface area contributed by atoms with Gasteiger partial charge in [0.15, 0.2) is 0 Å². The molecule has 2 heteroatoms. The Hall–Kier alpha value is -0.820. The topological polar surface area (TPSA) is 17.1 Å².